The average Bonchev–Trinajstić information content (AvgIpc) is 2.11. The van der Waals surface area contributed by atoms with E-state index in [0.717, 1.165) is 16.1 Å². The zero-order valence-corrected chi connectivity index (χ0v) is 8.51. The number of hydrogen-bond donors (Lipinski definition) is 1. The minimum atomic E-state index is -0.736. The van der Waals surface area contributed by atoms with E-state index in [0.29, 0.717) is 6.42 Å². The van der Waals surface area contributed by atoms with Crippen LogP contribution in [0.3, 0.4) is 0 Å². The van der Waals surface area contributed by atoms with Gasteiger partial charge >= 0.3 is 0 Å². The normalized spacial score (nSPS) is 12.9. The summed E-state index contributed by atoms with van der Waals surface area (Å²) in [6, 6.07) is 5.66. The van der Waals surface area contributed by atoms with Crippen LogP contribution in [0.25, 0.3) is 0 Å². The first-order valence-electron chi connectivity index (χ1n) is 4.09. The first-order chi connectivity index (χ1) is 6.13. The molecular weight excluding hydrogens is 188 g/mol. The maximum atomic E-state index is 9.22. The SMILES string of the molecule is COC(O)Cc1ccc(Cl)c(C)c1. The van der Waals surface area contributed by atoms with Gasteiger partial charge in [0, 0.05) is 18.6 Å². The molecule has 0 radical (unpaired) electrons. The Hall–Kier alpha value is -0.570. The molecule has 1 aromatic carbocycles. The zero-order chi connectivity index (χ0) is 9.84. The van der Waals surface area contributed by atoms with Crippen LogP contribution < -0.4 is 0 Å². The van der Waals surface area contributed by atoms with Crippen molar-refractivity contribution in [3.8, 4) is 0 Å². The third kappa shape index (κ3) is 2.99. The second-order valence-electron chi connectivity index (χ2n) is 2.98. The maximum absolute atomic E-state index is 9.22. The average molecular weight is 201 g/mol. The van der Waals surface area contributed by atoms with Crippen molar-refractivity contribution in [1.82, 2.24) is 0 Å². The van der Waals surface area contributed by atoms with E-state index in [2.05, 4.69) is 0 Å². The number of methoxy groups -OCH3 is 1. The molecule has 0 saturated carbocycles. The lowest BCUT2D eigenvalue weighted by Crippen LogP contribution is -2.12. The molecule has 1 atom stereocenters. The summed E-state index contributed by atoms with van der Waals surface area (Å²) in [5.74, 6) is 0. The van der Waals surface area contributed by atoms with E-state index in [-0.39, 0.29) is 0 Å². The fourth-order valence-electron chi connectivity index (χ4n) is 1.12. The molecule has 1 unspecified atom stereocenters. The molecule has 0 fully saturated rings. The second-order valence-corrected chi connectivity index (χ2v) is 3.39. The molecule has 0 heterocycles. The van der Waals surface area contributed by atoms with E-state index in [1.54, 1.807) is 0 Å². The van der Waals surface area contributed by atoms with Crippen LogP contribution in [0.4, 0.5) is 0 Å². The van der Waals surface area contributed by atoms with Crippen LogP contribution >= 0.6 is 11.6 Å². The maximum Gasteiger partial charge on any atom is 0.158 e. The monoisotopic (exact) mass is 200 g/mol. The fourth-order valence-corrected chi connectivity index (χ4v) is 1.24. The molecule has 0 aliphatic carbocycles. The molecule has 1 rings (SSSR count). The summed E-state index contributed by atoms with van der Waals surface area (Å²) in [6.07, 6.45) is -0.241. The summed E-state index contributed by atoms with van der Waals surface area (Å²) in [7, 11) is 1.48. The number of ether oxygens (including phenoxy) is 1. The standard InChI is InChI=1S/C10H13ClO2/c1-7-5-8(3-4-9(7)11)6-10(12)13-2/h3-5,10,12H,6H2,1-2H3. The summed E-state index contributed by atoms with van der Waals surface area (Å²) in [6.45, 7) is 1.94. The highest BCUT2D eigenvalue weighted by molar-refractivity contribution is 6.31. The Kier molecular flexibility index (Phi) is 3.72. The molecule has 0 spiro atoms. The topological polar surface area (TPSA) is 29.5 Å². The number of rotatable bonds is 3. The summed E-state index contributed by atoms with van der Waals surface area (Å²) in [5, 5.41) is 9.96. The summed E-state index contributed by atoms with van der Waals surface area (Å²) in [4.78, 5) is 0. The zero-order valence-electron chi connectivity index (χ0n) is 7.75. The fraction of sp³-hybridized carbons (Fsp3) is 0.400. The molecule has 72 valence electrons. The van der Waals surface area contributed by atoms with Crippen LogP contribution in [0, 0.1) is 6.92 Å². The molecule has 0 aromatic heterocycles. The minimum absolute atomic E-state index is 0.495. The number of aliphatic hydroxyl groups is 1. The lowest BCUT2D eigenvalue weighted by atomic mass is 10.1. The lowest BCUT2D eigenvalue weighted by Gasteiger charge is -2.09. The molecule has 0 aliphatic rings. The highest BCUT2D eigenvalue weighted by atomic mass is 35.5. The Bertz CT molecular complexity index is 286. The van der Waals surface area contributed by atoms with Crippen molar-refractivity contribution in [1.29, 1.82) is 0 Å². The van der Waals surface area contributed by atoms with Crippen molar-refractivity contribution < 1.29 is 9.84 Å². The van der Waals surface area contributed by atoms with Gasteiger partial charge in [-0.2, -0.15) is 0 Å². The Morgan fingerprint density at radius 3 is 2.77 bits per heavy atom. The summed E-state index contributed by atoms with van der Waals surface area (Å²) in [5.41, 5.74) is 2.04. The number of aliphatic hydroxyl groups excluding tert-OH is 1. The van der Waals surface area contributed by atoms with Crippen molar-refractivity contribution in [3.63, 3.8) is 0 Å². The molecule has 0 bridgehead atoms. The van der Waals surface area contributed by atoms with E-state index in [1.807, 2.05) is 25.1 Å². The highest BCUT2D eigenvalue weighted by Gasteiger charge is 2.04. The second kappa shape index (κ2) is 4.61. The largest absolute Gasteiger partial charge is 0.368 e. The van der Waals surface area contributed by atoms with Gasteiger partial charge in [-0.3, -0.25) is 0 Å². The Morgan fingerprint density at radius 2 is 2.23 bits per heavy atom. The summed E-state index contributed by atoms with van der Waals surface area (Å²) < 4.78 is 4.75. The Morgan fingerprint density at radius 1 is 1.54 bits per heavy atom. The van der Waals surface area contributed by atoms with Gasteiger partial charge in [-0.25, -0.2) is 0 Å². The predicted octanol–water partition coefficient (Wildman–Crippen LogP) is 2.16. The molecule has 13 heavy (non-hydrogen) atoms. The van der Waals surface area contributed by atoms with Crippen molar-refractivity contribution in [2.45, 2.75) is 19.6 Å². The molecule has 2 nitrogen and oxygen atoms in total. The minimum Gasteiger partial charge on any atom is -0.368 e. The smallest absolute Gasteiger partial charge is 0.158 e. The van der Waals surface area contributed by atoms with Gasteiger partial charge < -0.3 is 9.84 Å². The first kappa shape index (κ1) is 10.5. The lowest BCUT2D eigenvalue weighted by molar-refractivity contribution is -0.0720. The van der Waals surface area contributed by atoms with Crippen LogP contribution in [-0.4, -0.2) is 18.5 Å². The molecular formula is C10H13ClO2. The van der Waals surface area contributed by atoms with Gasteiger partial charge in [-0.1, -0.05) is 23.7 Å². The molecule has 1 aromatic rings. The van der Waals surface area contributed by atoms with Crippen LogP contribution in [0.15, 0.2) is 18.2 Å². The van der Waals surface area contributed by atoms with Gasteiger partial charge in [-0.15, -0.1) is 0 Å². The van der Waals surface area contributed by atoms with E-state index < -0.39 is 6.29 Å². The molecule has 1 N–H and O–H groups in total. The Balaban J connectivity index is 2.73. The number of aryl methyl sites for hydroxylation is 1. The third-order valence-corrected chi connectivity index (χ3v) is 2.33. The molecule has 0 amide bonds. The number of benzene rings is 1. The predicted molar refractivity (Wildman–Crippen MR) is 52.9 cm³/mol. The van der Waals surface area contributed by atoms with E-state index >= 15 is 0 Å². The van der Waals surface area contributed by atoms with Gasteiger partial charge in [0.1, 0.15) is 0 Å². The van der Waals surface area contributed by atoms with Crippen LogP contribution in [-0.2, 0) is 11.2 Å². The summed E-state index contributed by atoms with van der Waals surface area (Å²) >= 11 is 5.86. The van der Waals surface area contributed by atoms with Gasteiger partial charge in [-0.05, 0) is 24.1 Å². The van der Waals surface area contributed by atoms with Crippen molar-refractivity contribution >= 4 is 11.6 Å². The Labute approximate surface area is 83.1 Å². The van der Waals surface area contributed by atoms with Crippen molar-refractivity contribution in [3.05, 3.63) is 34.3 Å². The number of halogens is 1. The van der Waals surface area contributed by atoms with Gasteiger partial charge in [0.05, 0.1) is 0 Å². The van der Waals surface area contributed by atoms with Crippen molar-refractivity contribution in [2.75, 3.05) is 7.11 Å². The van der Waals surface area contributed by atoms with E-state index in [9.17, 15) is 5.11 Å². The molecule has 3 heteroatoms. The third-order valence-electron chi connectivity index (χ3n) is 1.90. The van der Waals surface area contributed by atoms with Crippen LogP contribution in [0.1, 0.15) is 11.1 Å². The number of hydrogen-bond acceptors (Lipinski definition) is 2. The van der Waals surface area contributed by atoms with E-state index in [4.69, 9.17) is 16.3 Å². The van der Waals surface area contributed by atoms with Crippen LogP contribution in [0.2, 0.25) is 5.02 Å². The highest BCUT2D eigenvalue weighted by Crippen LogP contribution is 2.17. The molecule has 0 saturated heterocycles. The van der Waals surface area contributed by atoms with Gasteiger partial charge in [0.15, 0.2) is 6.29 Å². The van der Waals surface area contributed by atoms with Crippen LogP contribution in [0.5, 0.6) is 0 Å². The van der Waals surface area contributed by atoms with Gasteiger partial charge in [0.2, 0.25) is 0 Å². The van der Waals surface area contributed by atoms with Crippen molar-refractivity contribution in [2.24, 2.45) is 0 Å². The first-order valence-corrected chi connectivity index (χ1v) is 4.47. The van der Waals surface area contributed by atoms with E-state index in [1.165, 1.54) is 7.11 Å². The molecule has 0 aliphatic heterocycles. The van der Waals surface area contributed by atoms with Gasteiger partial charge in [0.25, 0.3) is 0 Å². The quantitative estimate of drug-likeness (QED) is 0.758.